The Morgan fingerprint density at radius 3 is 3.08 bits per heavy atom. The van der Waals surface area contributed by atoms with Crippen LogP contribution in [0.1, 0.15) is 11.1 Å². The molecule has 0 amide bonds. The van der Waals surface area contributed by atoms with Gasteiger partial charge in [-0.15, -0.1) is 0 Å². The SMILES string of the molecule is CN1C=Cc2c(O)cccc2C1. The highest BCUT2D eigenvalue weighted by Gasteiger charge is 2.09. The van der Waals surface area contributed by atoms with Gasteiger partial charge in [0.25, 0.3) is 0 Å². The molecule has 0 atom stereocenters. The minimum atomic E-state index is 0.372. The zero-order valence-corrected chi connectivity index (χ0v) is 6.99. The van der Waals surface area contributed by atoms with Crippen molar-refractivity contribution < 1.29 is 5.11 Å². The van der Waals surface area contributed by atoms with E-state index in [-0.39, 0.29) is 0 Å². The molecule has 1 N–H and O–H groups in total. The highest BCUT2D eigenvalue weighted by atomic mass is 16.3. The Bertz CT molecular complexity index is 331. The summed E-state index contributed by atoms with van der Waals surface area (Å²) in [7, 11) is 2.02. The molecule has 0 spiro atoms. The molecule has 0 saturated heterocycles. The molecule has 0 aliphatic carbocycles. The lowest BCUT2D eigenvalue weighted by Crippen LogP contribution is -2.14. The fourth-order valence-corrected chi connectivity index (χ4v) is 1.45. The summed E-state index contributed by atoms with van der Waals surface area (Å²) in [6.45, 7) is 0.875. The summed E-state index contributed by atoms with van der Waals surface area (Å²) in [5.41, 5.74) is 2.13. The van der Waals surface area contributed by atoms with Gasteiger partial charge in [-0.3, -0.25) is 0 Å². The second-order valence-corrected chi connectivity index (χ2v) is 3.08. The monoisotopic (exact) mass is 161 g/mol. The normalized spacial score (nSPS) is 14.6. The van der Waals surface area contributed by atoms with E-state index in [1.165, 1.54) is 5.56 Å². The lowest BCUT2D eigenvalue weighted by Gasteiger charge is -2.20. The maximum absolute atomic E-state index is 9.47. The zero-order valence-electron chi connectivity index (χ0n) is 6.99. The quantitative estimate of drug-likeness (QED) is 0.627. The largest absolute Gasteiger partial charge is 0.507 e. The number of phenols is 1. The molecule has 1 aromatic carbocycles. The Morgan fingerprint density at radius 2 is 2.25 bits per heavy atom. The molecule has 12 heavy (non-hydrogen) atoms. The molecule has 0 radical (unpaired) electrons. The van der Waals surface area contributed by atoms with Crippen LogP contribution in [0.4, 0.5) is 0 Å². The van der Waals surface area contributed by atoms with Crippen LogP contribution in [-0.2, 0) is 6.54 Å². The van der Waals surface area contributed by atoms with Crippen LogP contribution in [0.2, 0.25) is 0 Å². The molecule has 0 saturated carbocycles. The molecule has 2 rings (SSSR count). The Kier molecular flexibility index (Phi) is 1.54. The van der Waals surface area contributed by atoms with Gasteiger partial charge in [0.1, 0.15) is 5.75 Å². The van der Waals surface area contributed by atoms with Gasteiger partial charge >= 0.3 is 0 Å². The van der Waals surface area contributed by atoms with Crippen molar-refractivity contribution in [2.75, 3.05) is 7.05 Å². The van der Waals surface area contributed by atoms with Crippen molar-refractivity contribution in [1.29, 1.82) is 0 Å². The fraction of sp³-hybridized carbons (Fsp3) is 0.200. The topological polar surface area (TPSA) is 23.5 Å². The molecule has 0 fully saturated rings. The summed E-state index contributed by atoms with van der Waals surface area (Å²) in [6, 6.07) is 5.63. The summed E-state index contributed by atoms with van der Waals surface area (Å²) in [5.74, 6) is 0.372. The van der Waals surface area contributed by atoms with Gasteiger partial charge in [0.05, 0.1) is 0 Å². The number of rotatable bonds is 0. The minimum Gasteiger partial charge on any atom is -0.507 e. The number of fused-ring (bicyclic) bond motifs is 1. The molecule has 1 aromatic rings. The average Bonchev–Trinajstić information content (AvgIpc) is 2.04. The number of nitrogens with zero attached hydrogens (tertiary/aromatic N) is 1. The molecule has 1 aliphatic rings. The first-order chi connectivity index (χ1) is 5.77. The Hall–Kier alpha value is -1.44. The summed E-state index contributed by atoms with van der Waals surface area (Å²) in [4.78, 5) is 2.09. The van der Waals surface area contributed by atoms with Crippen molar-refractivity contribution in [2.24, 2.45) is 0 Å². The van der Waals surface area contributed by atoms with Crippen LogP contribution in [0.25, 0.3) is 6.08 Å². The van der Waals surface area contributed by atoms with E-state index in [0.29, 0.717) is 5.75 Å². The van der Waals surface area contributed by atoms with E-state index in [9.17, 15) is 5.11 Å². The smallest absolute Gasteiger partial charge is 0.123 e. The third-order valence-corrected chi connectivity index (χ3v) is 2.09. The first-order valence-electron chi connectivity index (χ1n) is 3.96. The first-order valence-corrected chi connectivity index (χ1v) is 3.96. The number of aromatic hydroxyl groups is 1. The third-order valence-electron chi connectivity index (χ3n) is 2.09. The van der Waals surface area contributed by atoms with Crippen LogP contribution in [0.5, 0.6) is 5.75 Å². The Labute approximate surface area is 71.7 Å². The standard InChI is InChI=1S/C10H11NO/c1-11-6-5-9-8(7-11)3-2-4-10(9)12/h2-6,12H,7H2,1H3. The van der Waals surface area contributed by atoms with E-state index in [1.807, 2.05) is 31.5 Å². The van der Waals surface area contributed by atoms with Gasteiger partial charge in [-0.2, -0.15) is 0 Å². The molecule has 0 unspecified atom stereocenters. The summed E-state index contributed by atoms with van der Waals surface area (Å²) in [6.07, 6.45) is 3.91. The van der Waals surface area contributed by atoms with Crippen molar-refractivity contribution in [3.63, 3.8) is 0 Å². The second kappa shape index (κ2) is 2.55. The number of hydrogen-bond donors (Lipinski definition) is 1. The zero-order chi connectivity index (χ0) is 8.55. The van der Waals surface area contributed by atoms with E-state index in [4.69, 9.17) is 0 Å². The second-order valence-electron chi connectivity index (χ2n) is 3.08. The van der Waals surface area contributed by atoms with Crippen LogP contribution in [-0.4, -0.2) is 17.1 Å². The van der Waals surface area contributed by atoms with Crippen molar-refractivity contribution in [3.8, 4) is 5.75 Å². The van der Waals surface area contributed by atoms with Gasteiger partial charge in [0.2, 0.25) is 0 Å². The number of hydrogen-bond acceptors (Lipinski definition) is 2. The average molecular weight is 161 g/mol. The molecule has 2 nitrogen and oxygen atoms in total. The Balaban J connectivity index is 2.53. The van der Waals surface area contributed by atoms with Gasteiger partial charge in [-0.05, 0) is 23.9 Å². The molecular weight excluding hydrogens is 150 g/mol. The highest BCUT2D eigenvalue weighted by molar-refractivity contribution is 5.62. The first kappa shape index (κ1) is 7.22. The number of phenolic OH excluding ortho intramolecular Hbond substituents is 1. The molecule has 0 bridgehead atoms. The van der Waals surface area contributed by atoms with Gasteiger partial charge in [-0.25, -0.2) is 0 Å². The highest BCUT2D eigenvalue weighted by Crippen LogP contribution is 2.26. The molecule has 1 heterocycles. The van der Waals surface area contributed by atoms with E-state index in [2.05, 4.69) is 4.90 Å². The van der Waals surface area contributed by atoms with Gasteiger partial charge in [0.15, 0.2) is 0 Å². The van der Waals surface area contributed by atoms with E-state index in [1.54, 1.807) is 6.07 Å². The third kappa shape index (κ3) is 1.05. The van der Waals surface area contributed by atoms with Crippen LogP contribution in [0, 0.1) is 0 Å². The van der Waals surface area contributed by atoms with Crippen LogP contribution in [0.3, 0.4) is 0 Å². The predicted molar refractivity (Wildman–Crippen MR) is 48.6 cm³/mol. The molecule has 62 valence electrons. The van der Waals surface area contributed by atoms with Crippen LogP contribution < -0.4 is 0 Å². The summed E-state index contributed by atoms with van der Waals surface area (Å²) in [5, 5.41) is 9.47. The van der Waals surface area contributed by atoms with Gasteiger partial charge < -0.3 is 10.0 Å². The summed E-state index contributed by atoms with van der Waals surface area (Å²) < 4.78 is 0. The Morgan fingerprint density at radius 1 is 1.42 bits per heavy atom. The molecule has 0 aromatic heterocycles. The lowest BCUT2D eigenvalue weighted by atomic mass is 10.0. The molecular formula is C10H11NO. The van der Waals surface area contributed by atoms with Gasteiger partial charge in [0, 0.05) is 19.2 Å². The van der Waals surface area contributed by atoms with Gasteiger partial charge in [-0.1, -0.05) is 12.1 Å². The van der Waals surface area contributed by atoms with E-state index < -0.39 is 0 Å². The maximum atomic E-state index is 9.47. The van der Waals surface area contributed by atoms with Crippen molar-refractivity contribution in [2.45, 2.75) is 6.54 Å². The maximum Gasteiger partial charge on any atom is 0.123 e. The molecule has 1 aliphatic heterocycles. The minimum absolute atomic E-state index is 0.372. The fourth-order valence-electron chi connectivity index (χ4n) is 1.45. The predicted octanol–water partition coefficient (Wildman–Crippen LogP) is 1.81. The van der Waals surface area contributed by atoms with Crippen LogP contribution >= 0.6 is 0 Å². The lowest BCUT2D eigenvalue weighted by molar-refractivity contribution is 0.437. The van der Waals surface area contributed by atoms with Crippen molar-refractivity contribution in [1.82, 2.24) is 4.90 Å². The van der Waals surface area contributed by atoms with E-state index >= 15 is 0 Å². The molecule has 2 heteroatoms. The number of benzene rings is 1. The van der Waals surface area contributed by atoms with E-state index in [0.717, 1.165) is 12.1 Å². The van der Waals surface area contributed by atoms with Crippen molar-refractivity contribution in [3.05, 3.63) is 35.5 Å². The summed E-state index contributed by atoms with van der Waals surface area (Å²) >= 11 is 0. The van der Waals surface area contributed by atoms with Crippen molar-refractivity contribution >= 4 is 6.08 Å². The van der Waals surface area contributed by atoms with Crippen LogP contribution in [0.15, 0.2) is 24.4 Å².